The maximum Gasteiger partial charge on any atom is 0.0159 e. The van der Waals surface area contributed by atoms with E-state index in [0.29, 0.717) is 0 Å². The highest BCUT2D eigenvalue weighted by molar-refractivity contribution is 6.24. The van der Waals surface area contributed by atoms with Crippen molar-refractivity contribution in [2.24, 2.45) is 0 Å². The smallest absolute Gasteiger partial charge is 0.0159 e. The van der Waals surface area contributed by atoms with Gasteiger partial charge in [0.2, 0.25) is 0 Å². The lowest BCUT2D eigenvalue weighted by atomic mass is 9.80. The molecule has 55 heavy (non-hydrogen) atoms. The topological polar surface area (TPSA) is 0 Å². The number of hydrogen-bond acceptors (Lipinski definition) is 0. The molecule has 0 aromatic heterocycles. The van der Waals surface area contributed by atoms with Crippen LogP contribution in [0.25, 0.3) is 88.0 Å². The van der Waals surface area contributed by atoms with Gasteiger partial charge in [0.25, 0.3) is 0 Å². The van der Waals surface area contributed by atoms with Gasteiger partial charge in [-0.1, -0.05) is 185 Å². The van der Waals surface area contributed by atoms with E-state index in [0.717, 1.165) is 0 Å². The minimum absolute atomic E-state index is 0.0245. The molecule has 9 aromatic rings. The molecule has 11 rings (SSSR count). The number of benzene rings is 9. The SMILES string of the molecule is Cc1ccc2c(-c3ccc(-c4ccc5c(c4)C(C)(C)c4ccccc4-5)c4ccccc34)c3ccccc3c(-c3ccc4c(c3)-c3ccccc3C4(C)C)c2c1. The van der Waals surface area contributed by atoms with Crippen molar-refractivity contribution in [1.82, 2.24) is 0 Å². The van der Waals surface area contributed by atoms with Crippen molar-refractivity contribution in [3.63, 3.8) is 0 Å². The van der Waals surface area contributed by atoms with Crippen LogP contribution in [0.3, 0.4) is 0 Å². The molecule has 0 heterocycles. The van der Waals surface area contributed by atoms with E-state index in [9.17, 15) is 0 Å². The molecule has 9 aromatic carbocycles. The molecule has 0 amide bonds. The van der Waals surface area contributed by atoms with Crippen LogP contribution in [0.15, 0.2) is 164 Å². The standard InChI is InChI=1S/C55H42/c1-33-22-25-45-47(30-33)52(35-24-29-50-46(31-35)40-17-11-13-21-49(40)54(50,2)3)42-18-8-9-19-43(42)53(45)44-28-27-36(37-14-6-7-15-38(37)44)34-23-26-41-39-16-10-12-20-48(39)55(4,5)51(41)32-34/h6-32H,1-5H3. The summed E-state index contributed by atoms with van der Waals surface area (Å²) in [4.78, 5) is 0. The second-order valence-corrected chi connectivity index (χ2v) is 16.9. The van der Waals surface area contributed by atoms with Crippen molar-refractivity contribution in [3.05, 3.63) is 192 Å². The monoisotopic (exact) mass is 702 g/mol. The summed E-state index contributed by atoms with van der Waals surface area (Å²) in [5.74, 6) is 0. The first-order valence-corrected chi connectivity index (χ1v) is 19.7. The summed E-state index contributed by atoms with van der Waals surface area (Å²) in [5.41, 5.74) is 19.9. The molecule has 2 aliphatic rings. The Kier molecular flexibility index (Phi) is 6.67. The highest BCUT2D eigenvalue weighted by Gasteiger charge is 2.36. The van der Waals surface area contributed by atoms with E-state index in [2.05, 4.69) is 198 Å². The minimum Gasteiger partial charge on any atom is -0.0619 e. The second-order valence-electron chi connectivity index (χ2n) is 16.9. The summed E-state index contributed by atoms with van der Waals surface area (Å²) in [6, 6.07) is 62.2. The van der Waals surface area contributed by atoms with E-state index in [4.69, 9.17) is 0 Å². The van der Waals surface area contributed by atoms with Crippen molar-refractivity contribution in [3.8, 4) is 55.6 Å². The molecule has 0 atom stereocenters. The first-order chi connectivity index (χ1) is 26.7. The summed E-state index contributed by atoms with van der Waals surface area (Å²) in [6.07, 6.45) is 0. The highest BCUT2D eigenvalue weighted by Crippen LogP contribution is 2.53. The van der Waals surface area contributed by atoms with Gasteiger partial charge in [-0.25, -0.2) is 0 Å². The van der Waals surface area contributed by atoms with Crippen molar-refractivity contribution >= 4 is 32.3 Å². The third kappa shape index (κ3) is 4.46. The summed E-state index contributed by atoms with van der Waals surface area (Å²) < 4.78 is 0. The van der Waals surface area contributed by atoms with Crippen LogP contribution >= 0.6 is 0 Å². The van der Waals surface area contributed by atoms with Crippen molar-refractivity contribution in [1.29, 1.82) is 0 Å². The first kappa shape index (κ1) is 32.2. The summed E-state index contributed by atoms with van der Waals surface area (Å²) >= 11 is 0. The molecule has 0 fully saturated rings. The van der Waals surface area contributed by atoms with Gasteiger partial charge < -0.3 is 0 Å². The fraction of sp³-hybridized carbons (Fsp3) is 0.127. The van der Waals surface area contributed by atoms with Crippen LogP contribution in [0, 0.1) is 6.92 Å². The molecule has 0 nitrogen and oxygen atoms in total. The number of fused-ring (bicyclic) bond motifs is 9. The summed E-state index contributed by atoms with van der Waals surface area (Å²) in [6.45, 7) is 11.7. The molecule has 262 valence electrons. The van der Waals surface area contributed by atoms with Crippen LogP contribution in [0.1, 0.15) is 55.5 Å². The molecule has 0 heteroatoms. The lowest BCUT2D eigenvalue weighted by molar-refractivity contribution is 0.660. The molecular formula is C55H42. The number of aryl methyl sites for hydroxylation is 1. The van der Waals surface area contributed by atoms with Crippen LogP contribution in [0.2, 0.25) is 0 Å². The lowest BCUT2D eigenvalue weighted by Crippen LogP contribution is -2.14. The van der Waals surface area contributed by atoms with E-state index in [1.165, 1.54) is 116 Å². The van der Waals surface area contributed by atoms with E-state index in [1.54, 1.807) is 0 Å². The van der Waals surface area contributed by atoms with Crippen LogP contribution in [0.4, 0.5) is 0 Å². The Morgan fingerprint density at radius 3 is 1.51 bits per heavy atom. The second kappa shape index (κ2) is 11.4. The molecule has 0 bridgehead atoms. The molecule has 0 aliphatic heterocycles. The Morgan fingerprint density at radius 2 is 0.782 bits per heavy atom. The van der Waals surface area contributed by atoms with E-state index < -0.39 is 0 Å². The van der Waals surface area contributed by atoms with Gasteiger partial charge in [-0.2, -0.15) is 0 Å². The maximum atomic E-state index is 2.47. The molecular weight excluding hydrogens is 661 g/mol. The van der Waals surface area contributed by atoms with Crippen LogP contribution in [0.5, 0.6) is 0 Å². The fourth-order valence-corrected chi connectivity index (χ4v) is 10.4. The third-order valence-electron chi connectivity index (χ3n) is 13.1. The lowest BCUT2D eigenvalue weighted by Gasteiger charge is -2.23. The van der Waals surface area contributed by atoms with E-state index >= 15 is 0 Å². The van der Waals surface area contributed by atoms with Gasteiger partial charge in [0.05, 0.1) is 0 Å². The Morgan fingerprint density at radius 1 is 0.291 bits per heavy atom. The zero-order chi connectivity index (χ0) is 37.2. The zero-order valence-electron chi connectivity index (χ0n) is 32.1. The maximum absolute atomic E-state index is 2.47. The highest BCUT2D eigenvalue weighted by atomic mass is 14.4. The average Bonchev–Trinajstić information content (AvgIpc) is 3.58. The Hall–Kier alpha value is -6.24. The summed E-state index contributed by atoms with van der Waals surface area (Å²) in [7, 11) is 0. The Labute approximate surface area is 323 Å². The summed E-state index contributed by atoms with van der Waals surface area (Å²) in [5, 5.41) is 7.71. The van der Waals surface area contributed by atoms with Gasteiger partial charge in [-0.15, -0.1) is 0 Å². The normalized spacial score (nSPS) is 14.6. The predicted molar refractivity (Wildman–Crippen MR) is 235 cm³/mol. The minimum atomic E-state index is -0.0478. The van der Waals surface area contributed by atoms with Gasteiger partial charge in [-0.3, -0.25) is 0 Å². The molecule has 0 N–H and O–H groups in total. The molecule has 0 spiro atoms. The first-order valence-electron chi connectivity index (χ1n) is 19.7. The largest absolute Gasteiger partial charge is 0.0619 e. The van der Waals surface area contributed by atoms with Crippen LogP contribution in [-0.2, 0) is 10.8 Å². The van der Waals surface area contributed by atoms with Crippen molar-refractivity contribution in [2.75, 3.05) is 0 Å². The molecule has 0 saturated carbocycles. The van der Waals surface area contributed by atoms with Crippen molar-refractivity contribution < 1.29 is 0 Å². The Bertz CT molecular complexity index is 3100. The van der Waals surface area contributed by atoms with Gasteiger partial charge >= 0.3 is 0 Å². The van der Waals surface area contributed by atoms with Gasteiger partial charge in [0.1, 0.15) is 0 Å². The fourth-order valence-electron chi connectivity index (χ4n) is 10.4. The molecule has 0 unspecified atom stereocenters. The van der Waals surface area contributed by atoms with Crippen molar-refractivity contribution in [2.45, 2.75) is 45.4 Å². The average molecular weight is 703 g/mol. The zero-order valence-corrected chi connectivity index (χ0v) is 32.1. The quantitative estimate of drug-likeness (QED) is 0.161. The molecule has 2 aliphatic carbocycles. The molecule has 0 radical (unpaired) electrons. The van der Waals surface area contributed by atoms with Gasteiger partial charge in [-0.05, 0) is 129 Å². The Balaban J connectivity index is 1.14. The van der Waals surface area contributed by atoms with Crippen LogP contribution < -0.4 is 0 Å². The third-order valence-corrected chi connectivity index (χ3v) is 13.1. The van der Waals surface area contributed by atoms with Crippen LogP contribution in [-0.4, -0.2) is 0 Å². The molecule has 0 saturated heterocycles. The number of hydrogen-bond donors (Lipinski definition) is 0. The van der Waals surface area contributed by atoms with E-state index in [1.807, 2.05) is 0 Å². The number of rotatable bonds is 3. The predicted octanol–water partition coefficient (Wildman–Crippen LogP) is 15.1. The van der Waals surface area contributed by atoms with Gasteiger partial charge in [0.15, 0.2) is 0 Å². The van der Waals surface area contributed by atoms with Gasteiger partial charge in [0, 0.05) is 10.8 Å². The van der Waals surface area contributed by atoms with E-state index in [-0.39, 0.29) is 10.8 Å².